The van der Waals surface area contributed by atoms with E-state index in [-0.39, 0.29) is 11.8 Å². The van der Waals surface area contributed by atoms with Crippen molar-refractivity contribution in [3.8, 4) is 0 Å². The summed E-state index contributed by atoms with van der Waals surface area (Å²) in [6.07, 6.45) is 0. The molecule has 2 aromatic carbocycles. The number of benzene rings is 2. The van der Waals surface area contributed by atoms with Crippen LogP contribution in [-0.4, -0.2) is 49.1 Å². The minimum Gasteiger partial charge on any atom is -0.378 e. The van der Waals surface area contributed by atoms with Crippen LogP contribution < -0.4 is 15.5 Å². The maximum atomic E-state index is 12.6. The van der Waals surface area contributed by atoms with Gasteiger partial charge in [0, 0.05) is 24.3 Å². The summed E-state index contributed by atoms with van der Waals surface area (Å²) in [7, 11) is 0. The van der Waals surface area contributed by atoms with Gasteiger partial charge in [-0.2, -0.15) is 0 Å². The molecule has 1 atom stereocenters. The second kappa shape index (κ2) is 8.81. The largest absolute Gasteiger partial charge is 0.378 e. The number of fused-ring (bicyclic) bond motifs is 1. The van der Waals surface area contributed by atoms with Crippen molar-refractivity contribution in [2.24, 2.45) is 0 Å². The second-order valence-corrected chi connectivity index (χ2v) is 8.34. The highest BCUT2D eigenvalue weighted by Crippen LogP contribution is 2.31. The Hall–Kier alpha value is -2.97. The summed E-state index contributed by atoms with van der Waals surface area (Å²) in [6, 6.07) is 12.3. The fourth-order valence-corrected chi connectivity index (χ4v) is 4.32. The van der Waals surface area contributed by atoms with Crippen LogP contribution in [-0.2, 0) is 9.53 Å². The van der Waals surface area contributed by atoms with Crippen LogP contribution in [0.1, 0.15) is 22.8 Å². The van der Waals surface area contributed by atoms with Gasteiger partial charge in [0.25, 0.3) is 5.91 Å². The maximum absolute atomic E-state index is 12.6. The van der Waals surface area contributed by atoms with Crippen molar-refractivity contribution in [3.05, 3.63) is 53.6 Å². The smallest absolute Gasteiger partial charge is 0.251 e. The first-order valence-electron chi connectivity index (χ1n) is 9.91. The van der Waals surface area contributed by atoms with Gasteiger partial charge in [-0.3, -0.25) is 9.59 Å². The number of carbonyl (C=O) groups is 2. The van der Waals surface area contributed by atoms with E-state index in [0.717, 1.165) is 34.0 Å². The summed E-state index contributed by atoms with van der Waals surface area (Å²) < 4.78 is 6.41. The van der Waals surface area contributed by atoms with E-state index < -0.39 is 6.04 Å². The fraction of sp³-hybridized carbons (Fsp3) is 0.318. The minimum absolute atomic E-state index is 0.269. The Morgan fingerprint density at radius 1 is 1.17 bits per heavy atom. The third-order valence-corrected chi connectivity index (χ3v) is 6.03. The Bertz CT molecular complexity index is 1080. The van der Waals surface area contributed by atoms with Gasteiger partial charge in [-0.05, 0) is 44.2 Å². The van der Waals surface area contributed by atoms with E-state index >= 15 is 0 Å². The van der Waals surface area contributed by atoms with Crippen molar-refractivity contribution in [2.75, 3.05) is 36.5 Å². The number of aromatic nitrogens is 1. The normalized spacial score (nSPS) is 15.1. The molecule has 8 heteroatoms. The molecule has 0 aliphatic carbocycles. The molecule has 2 amide bonds. The number of ether oxygens (including phenoxy) is 1. The molecule has 7 nitrogen and oxygen atoms in total. The molecule has 0 unspecified atom stereocenters. The molecular weight excluding hydrogens is 400 g/mol. The molecule has 4 rings (SSSR count). The van der Waals surface area contributed by atoms with Gasteiger partial charge in [-0.25, -0.2) is 4.98 Å². The number of anilines is 2. The zero-order chi connectivity index (χ0) is 21.1. The summed E-state index contributed by atoms with van der Waals surface area (Å²) in [5.41, 5.74) is 3.12. The van der Waals surface area contributed by atoms with Gasteiger partial charge in [0.1, 0.15) is 6.04 Å². The molecule has 1 aromatic heterocycles. The average molecular weight is 425 g/mol. The molecule has 1 aliphatic heterocycles. The van der Waals surface area contributed by atoms with Crippen molar-refractivity contribution in [1.29, 1.82) is 0 Å². The highest BCUT2D eigenvalue weighted by molar-refractivity contribution is 7.22. The minimum atomic E-state index is -0.668. The number of rotatable bonds is 5. The highest BCUT2D eigenvalue weighted by Gasteiger charge is 2.18. The number of hydrogen-bond acceptors (Lipinski definition) is 6. The summed E-state index contributed by atoms with van der Waals surface area (Å²) in [6.45, 7) is 6.69. The van der Waals surface area contributed by atoms with Gasteiger partial charge in [0.05, 0.1) is 23.4 Å². The Morgan fingerprint density at radius 2 is 1.97 bits per heavy atom. The Kier molecular flexibility index (Phi) is 5.96. The van der Waals surface area contributed by atoms with Gasteiger partial charge in [0.2, 0.25) is 5.91 Å². The SMILES string of the molecule is Cc1cccc(C(=O)N[C@@H](C)C(=O)Nc2ccc3nc(N4CCOCC4)sc3c2)c1. The summed E-state index contributed by atoms with van der Waals surface area (Å²) in [5, 5.41) is 6.60. The predicted molar refractivity (Wildman–Crippen MR) is 119 cm³/mol. The van der Waals surface area contributed by atoms with Crippen LogP contribution in [0.4, 0.5) is 10.8 Å². The van der Waals surface area contributed by atoms with Crippen LogP contribution in [0.2, 0.25) is 0 Å². The van der Waals surface area contributed by atoms with Crippen molar-refractivity contribution in [3.63, 3.8) is 0 Å². The molecule has 0 spiro atoms. The first-order chi connectivity index (χ1) is 14.5. The van der Waals surface area contributed by atoms with Crippen molar-refractivity contribution in [2.45, 2.75) is 19.9 Å². The number of thiazole rings is 1. The lowest BCUT2D eigenvalue weighted by Crippen LogP contribution is -2.41. The zero-order valence-corrected chi connectivity index (χ0v) is 17.8. The van der Waals surface area contributed by atoms with Crippen LogP contribution in [0.3, 0.4) is 0 Å². The number of morpholine rings is 1. The number of nitrogens with zero attached hydrogens (tertiary/aromatic N) is 2. The van der Waals surface area contributed by atoms with Crippen molar-refractivity contribution in [1.82, 2.24) is 10.3 Å². The molecule has 156 valence electrons. The molecule has 30 heavy (non-hydrogen) atoms. The molecule has 2 heterocycles. The van der Waals surface area contributed by atoms with E-state index in [1.54, 1.807) is 30.4 Å². The molecule has 1 fully saturated rings. The van der Waals surface area contributed by atoms with Gasteiger partial charge in [-0.15, -0.1) is 0 Å². The average Bonchev–Trinajstić information content (AvgIpc) is 3.17. The number of carbonyl (C=O) groups excluding carboxylic acids is 2. The Balaban J connectivity index is 1.41. The monoisotopic (exact) mass is 424 g/mol. The lowest BCUT2D eigenvalue weighted by atomic mass is 10.1. The van der Waals surface area contributed by atoms with Gasteiger partial charge in [-0.1, -0.05) is 29.0 Å². The van der Waals surface area contributed by atoms with Gasteiger partial charge in [0.15, 0.2) is 5.13 Å². The number of amides is 2. The molecule has 0 saturated carbocycles. The Labute approximate surface area is 179 Å². The van der Waals surface area contributed by atoms with Crippen LogP contribution >= 0.6 is 11.3 Å². The van der Waals surface area contributed by atoms with E-state index in [1.165, 1.54) is 0 Å². The number of aryl methyl sites for hydroxylation is 1. The second-order valence-electron chi connectivity index (χ2n) is 7.33. The standard InChI is InChI=1S/C22H24N4O3S/c1-14-4-3-5-16(12-14)21(28)23-15(2)20(27)24-17-6-7-18-19(13-17)30-22(25-18)26-8-10-29-11-9-26/h3-7,12-13,15H,8-11H2,1-2H3,(H,23,28)(H,24,27)/t15-/m0/s1. The predicted octanol–water partition coefficient (Wildman–Crippen LogP) is 3.20. The van der Waals surface area contributed by atoms with E-state index in [0.29, 0.717) is 24.5 Å². The van der Waals surface area contributed by atoms with E-state index in [9.17, 15) is 9.59 Å². The van der Waals surface area contributed by atoms with Crippen molar-refractivity contribution < 1.29 is 14.3 Å². The van der Waals surface area contributed by atoms with Crippen LogP contribution in [0.5, 0.6) is 0 Å². The molecule has 1 saturated heterocycles. The third-order valence-electron chi connectivity index (χ3n) is 4.95. The molecule has 3 aromatic rings. The fourth-order valence-electron chi connectivity index (χ4n) is 3.26. The van der Waals surface area contributed by atoms with Crippen molar-refractivity contribution >= 4 is 44.2 Å². The summed E-state index contributed by atoms with van der Waals surface area (Å²) >= 11 is 1.60. The maximum Gasteiger partial charge on any atom is 0.251 e. The molecule has 0 radical (unpaired) electrons. The molecule has 1 aliphatic rings. The lowest BCUT2D eigenvalue weighted by Gasteiger charge is -2.25. The van der Waals surface area contributed by atoms with Crippen LogP contribution in [0.15, 0.2) is 42.5 Å². The number of hydrogen-bond donors (Lipinski definition) is 2. The molecule has 0 bridgehead atoms. The first kappa shape index (κ1) is 20.3. The highest BCUT2D eigenvalue weighted by atomic mass is 32.1. The zero-order valence-electron chi connectivity index (χ0n) is 17.0. The van der Waals surface area contributed by atoms with Gasteiger partial charge < -0.3 is 20.3 Å². The topological polar surface area (TPSA) is 83.6 Å². The number of nitrogens with one attached hydrogen (secondary N) is 2. The lowest BCUT2D eigenvalue weighted by molar-refractivity contribution is -0.117. The van der Waals surface area contributed by atoms with E-state index in [2.05, 4.69) is 15.5 Å². The summed E-state index contributed by atoms with van der Waals surface area (Å²) in [5.74, 6) is -0.539. The quantitative estimate of drug-likeness (QED) is 0.657. The summed E-state index contributed by atoms with van der Waals surface area (Å²) in [4.78, 5) is 31.9. The van der Waals surface area contributed by atoms with Gasteiger partial charge >= 0.3 is 0 Å². The Morgan fingerprint density at radius 3 is 2.73 bits per heavy atom. The van der Waals surface area contributed by atoms with E-state index in [4.69, 9.17) is 9.72 Å². The third kappa shape index (κ3) is 4.60. The first-order valence-corrected chi connectivity index (χ1v) is 10.7. The van der Waals surface area contributed by atoms with Crippen LogP contribution in [0.25, 0.3) is 10.2 Å². The van der Waals surface area contributed by atoms with E-state index in [1.807, 2.05) is 37.3 Å². The van der Waals surface area contributed by atoms with Crippen LogP contribution in [0, 0.1) is 6.92 Å². The molecule has 2 N–H and O–H groups in total. The molecular formula is C22H24N4O3S.